The van der Waals surface area contributed by atoms with E-state index in [2.05, 4.69) is 20.6 Å². The summed E-state index contributed by atoms with van der Waals surface area (Å²) in [5, 5.41) is 5.45. The number of rotatable bonds is 4. The Labute approximate surface area is 138 Å². The predicted molar refractivity (Wildman–Crippen MR) is 90.0 cm³/mol. The van der Waals surface area contributed by atoms with E-state index in [4.69, 9.17) is 0 Å². The average Bonchev–Trinajstić information content (AvgIpc) is 2.95. The number of nitrogens with zero attached hydrogens (tertiary/aromatic N) is 3. The topological polar surface area (TPSA) is 88.4 Å². The van der Waals surface area contributed by atoms with Gasteiger partial charge in [0, 0.05) is 29.3 Å². The summed E-state index contributed by atoms with van der Waals surface area (Å²) in [5.74, 6) is 0.591. The highest BCUT2D eigenvalue weighted by Gasteiger charge is 2.06. The molecular formula is C17H17N5O2. The largest absolute Gasteiger partial charge is 0.332 e. The molecule has 2 aromatic heterocycles. The molecule has 0 aliphatic heterocycles. The van der Waals surface area contributed by atoms with Gasteiger partial charge in [-0.3, -0.25) is 9.20 Å². The van der Waals surface area contributed by atoms with Crippen LogP contribution in [0.25, 0.3) is 5.78 Å². The van der Waals surface area contributed by atoms with E-state index in [1.165, 1.54) is 6.92 Å². The molecule has 0 unspecified atom stereocenters. The number of carbonyl (C=O) groups excluding carboxylic acids is 2. The van der Waals surface area contributed by atoms with Crippen molar-refractivity contribution in [3.05, 3.63) is 59.7 Å². The molecule has 0 atom stereocenters. The van der Waals surface area contributed by atoms with Gasteiger partial charge in [-0.15, -0.1) is 0 Å². The molecular weight excluding hydrogens is 306 g/mol. The second-order valence-corrected chi connectivity index (χ2v) is 5.45. The van der Waals surface area contributed by atoms with Crippen molar-refractivity contribution < 1.29 is 9.59 Å². The number of hydrogen-bond donors (Lipinski definition) is 2. The molecule has 3 rings (SSSR count). The second-order valence-electron chi connectivity index (χ2n) is 5.45. The van der Waals surface area contributed by atoms with Crippen molar-refractivity contribution >= 4 is 23.3 Å². The van der Waals surface area contributed by atoms with Gasteiger partial charge in [-0.05, 0) is 44.2 Å². The van der Waals surface area contributed by atoms with Crippen molar-refractivity contribution in [1.82, 2.24) is 19.7 Å². The Morgan fingerprint density at radius 2 is 1.88 bits per heavy atom. The molecule has 2 amide bonds. The van der Waals surface area contributed by atoms with Crippen molar-refractivity contribution in [2.45, 2.75) is 20.4 Å². The van der Waals surface area contributed by atoms with Crippen molar-refractivity contribution in [3.8, 4) is 0 Å². The highest BCUT2D eigenvalue weighted by Crippen LogP contribution is 2.10. The first-order valence-electron chi connectivity index (χ1n) is 7.48. The van der Waals surface area contributed by atoms with Gasteiger partial charge >= 0.3 is 6.03 Å². The van der Waals surface area contributed by atoms with Gasteiger partial charge < -0.3 is 10.6 Å². The molecule has 0 saturated carbocycles. The number of anilines is 1. The number of benzene rings is 1. The van der Waals surface area contributed by atoms with Gasteiger partial charge in [0.2, 0.25) is 5.78 Å². The summed E-state index contributed by atoms with van der Waals surface area (Å²) < 4.78 is 1.81. The fourth-order valence-electron chi connectivity index (χ4n) is 2.23. The van der Waals surface area contributed by atoms with E-state index in [9.17, 15) is 9.59 Å². The fourth-order valence-corrected chi connectivity index (χ4v) is 2.23. The molecule has 0 fully saturated rings. The van der Waals surface area contributed by atoms with Crippen LogP contribution in [-0.4, -0.2) is 26.2 Å². The van der Waals surface area contributed by atoms with E-state index >= 15 is 0 Å². The first-order chi connectivity index (χ1) is 11.5. The lowest BCUT2D eigenvalue weighted by atomic mass is 10.1. The van der Waals surface area contributed by atoms with Crippen molar-refractivity contribution in [2.24, 2.45) is 0 Å². The number of Topliss-reactive ketones (excluding diaryl/α,β-unsaturated/α-hetero) is 1. The van der Waals surface area contributed by atoms with E-state index in [1.54, 1.807) is 24.3 Å². The zero-order chi connectivity index (χ0) is 17.1. The van der Waals surface area contributed by atoms with Crippen LogP contribution >= 0.6 is 0 Å². The van der Waals surface area contributed by atoms with Crippen LogP contribution in [0.15, 0.2) is 42.7 Å². The fraction of sp³-hybridized carbons (Fsp3) is 0.176. The number of imidazole rings is 1. The molecule has 2 heterocycles. The second kappa shape index (κ2) is 6.49. The number of carbonyl (C=O) groups is 2. The Morgan fingerprint density at radius 1 is 1.12 bits per heavy atom. The first kappa shape index (κ1) is 15.7. The Balaban J connectivity index is 1.59. The minimum absolute atomic E-state index is 0.0123. The zero-order valence-corrected chi connectivity index (χ0v) is 13.4. The van der Waals surface area contributed by atoms with Crippen LogP contribution in [0.3, 0.4) is 0 Å². The molecule has 7 nitrogen and oxygen atoms in total. The summed E-state index contributed by atoms with van der Waals surface area (Å²) >= 11 is 0. The summed E-state index contributed by atoms with van der Waals surface area (Å²) in [7, 11) is 0. The number of aromatic nitrogens is 3. The molecule has 24 heavy (non-hydrogen) atoms. The third-order valence-electron chi connectivity index (χ3n) is 3.49. The number of aryl methyl sites for hydroxylation is 1. The smallest absolute Gasteiger partial charge is 0.319 e. The number of nitrogens with one attached hydrogen (secondary N) is 2. The third-order valence-corrected chi connectivity index (χ3v) is 3.49. The number of ketones is 1. The van der Waals surface area contributed by atoms with Crippen LogP contribution in [-0.2, 0) is 6.54 Å². The maximum Gasteiger partial charge on any atom is 0.319 e. The quantitative estimate of drug-likeness (QED) is 0.722. The van der Waals surface area contributed by atoms with E-state index in [1.807, 2.05) is 29.8 Å². The van der Waals surface area contributed by atoms with Gasteiger partial charge in [0.1, 0.15) is 0 Å². The molecule has 7 heteroatoms. The van der Waals surface area contributed by atoms with Crippen molar-refractivity contribution in [2.75, 3.05) is 5.32 Å². The maximum absolute atomic E-state index is 11.9. The van der Waals surface area contributed by atoms with Gasteiger partial charge in [-0.25, -0.2) is 14.8 Å². The maximum atomic E-state index is 11.9. The predicted octanol–water partition coefficient (Wildman–Crippen LogP) is 2.56. The SMILES string of the molecule is CC(=O)c1ccc(NC(=O)NCc2cn3ccc(C)nc3n2)cc1. The lowest BCUT2D eigenvalue weighted by molar-refractivity contribution is 0.101. The summed E-state index contributed by atoms with van der Waals surface area (Å²) in [6, 6.07) is 8.28. The van der Waals surface area contributed by atoms with E-state index in [-0.39, 0.29) is 11.8 Å². The Hall–Kier alpha value is -3.22. The molecule has 0 saturated heterocycles. The normalized spacial score (nSPS) is 10.6. The average molecular weight is 323 g/mol. The van der Waals surface area contributed by atoms with Crippen LogP contribution in [0, 0.1) is 6.92 Å². The Bertz CT molecular complexity index is 899. The highest BCUT2D eigenvalue weighted by atomic mass is 16.2. The lowest BCUT2D eigenvalue weighted by Gasteiger charge is -2.06. The van der Waals surface area contributed by atoms with E-state index in [0.717, 1.165) is 11.4 Å². The standard InChI is InChI=1S/C17H17N5O2/c1-11-7-8-22-10-15(20-16(22)19-11)9-18-17(24)21-14-5-3-13(4-6-14)12(2)23/h3-8,10H,9H2,1-2H3,(H2,18,21,24). The van der Waals surface area contributed by atoms with Crippen LogP contribution in [0.4, 0.5) is 10.5 Å². The molecule has 3 aromatic rings. The summed E-state index contributed by atoms with van der Waals surface area (Å²) in [6.07, 6.45) is 3.70. The van der Waals surface area contributed by atoms with Gasteiger partial charge in [0.05, 0.1) is 12.2 Å². The minimum Gasteiger partial charge on any atom is -0.332 e. The molecule has 122 valence electrons. The number of fused-ring (bicyclic) bond motifs is 1. The Kier molecular flexibility index (Phi) is 4.24. The van der Waals surface area contributed by atoms with Crippen LogP contribution in [0.1, 0.15) is 28.7 Å². The summed E-state index contributed by atoms with van der Waals surface area (Å²) in [6.45, 7) is 3.69. The monoisotopic (exact) mass is 323 g/mol. The summed E-state index contributed by atoms with van der Waals surface area (Å²) in [4.78, 5) is 31.8. The minimum atomic E-state index is -0.341. The molecule has 0 aliphatic carbocycles. The van der Waals surface area contributed by atoms with Crippen LogP contribution in [0.5, 0.6) is 0 Å². The summed E-state index contributed by atoms with van der Waals surface area (Å²) in [5.41, 5.74) is 2.83. The third kappa shape index (κ3) is 3.57. The zero-order valence-electron chi connectivity index (χ0n) is 13.4. The van der Waals surface area contributed by atoms with Gasteiger partial charge in [0.15, 0.2) is 5.78 Å². The highest BCUT2D eigenvalue weighted by molar-refractivity contribution is 5.95. The molecule has 0 radical (unpaired) electrons. The van der Waals surface area contributed by atoms with Crippen molar-refractivity contribution in [3.63, 3.8) is 0 Å². The van der Waals surface area contributed by atoms with E-state index < -0.39 is 0 Å². The van der Waals surface area contributed by atoms with Gasteiger partial charge in [0.25, 0.3) is 0 Å². The van der Waals surface area contributed by atoms with Gasteiger partial charge in [-0.2, -0.15) is 0 Å². The first-order valence-corrected chi connectivity index (χ1v) is 7.48. The lowest BCUT2D eigenvalue weighted by Crippen LogP contribution is -2.28. The van der Waals surface area contributed by atoms with Crippen molar-refractivity contribution in [1.29, 1.82) is 0 Å². The Morgan fingerprint density at radius 3 is 2.58 bits per heavy atom. The molecule has 0 spiro atoms. The number of amides is 2. The molecule has 0 aliphatic rings. The van der Waals surface area contributed by atoms with E-state index in [0.29, 0.717) is 23.6 Å². The number of urea groups is 1. The van der Waals surface area contributed by atoms with Gasteiger partial charge in [-0.1, -0.05) is 0 Å². The molecule has 1 aromatic carbocycles. The van der Waals surface area contributed by atoms with Crippen LogP contribution in [0.2, 0.25) is 0 Å². The molecule has 0 bridgehead atoms. The number of hydrogen-bond acceptors (Lipinski definition) is 4. The molecule has 2 N–H and O–H groups in total. The van der Waals surface area contributed by atoms with Crippen LogP contribution < -0.4 is 10.6 Å².